The van der Waals surface area contributed by atoms with Crippen LogP contribution in [-0.4, -0.2) is 50.8 Å². The Morgan fingerprint density at radius 2 is 2.00 bits per heavy atom. The second-order valence-electron chi connectivity index (χ2n) is 7.10. The Kier molecular flexibility index (Phi) is 6.94. The smallest absolute Gasteiger partial charge is 0.238 e. The van der Waals surface area contributed by atoms with Gasteiger partial charge in [-0.25, -0.2) is 22.8 Å². The Morgan fingerprint density at radius 1 is 1.23 bits per heavy atom. The quantitative estimate of drug-likeness (QED) is 0.548. The van der Waals surface area contributed by atoms with Crippen molar-refractivity contribution in [2.45, 2.75) is 12.1 Å². The van der Waals surface area contributed by atoms with Crippen molar-refractivity contribution in [1.82, 2.24) is 19.7 Å². The Hall–Kier alpha value is -2.95. The predicted molar refractivity (Wildman–Crippen MR) is 108 cm³/mol. The largest absolute Gasteiger partial charge is 0.382 e. The van der Waals surface area contributed by atoms with Gasteiger partial charge in [0.2, 0.25) is 5.91 Å². The number of carbonyl (C=O) groups is 1. The summed E-state index contributed by atoms with van der Waals surface area (Å²) in [5.41, 5.74) is -1.70. The average molecular weight is 454 g/mol. The summed E-state index contributed by atoms with van der Waals surface area (Å²) in [7, 11) is 1.55. The second kappa shape index (κ2) is 9.46. The monoisotopic (exact) mass is 453 g/mol. The van der Waals surface area contributed by atoms with Crippen molar-refractivity contribution in [3.05, 3.63) is 77.1 Å². The number of rotatable bonds is 8. The molecule has 2 aromatic carbocycles. The molecule has 0 aliphatic heterocycles. The van der Waals surface area contributed by atoms with E-state index in [1.807, 2.05) is 0 Å². The minimum atomic E-state index is -1.85. The number of hydrogen-bond donors (Lipinski definition) is 2. The fraction of sp³-hybridized carbons (Fsp3) is 0.250. The Labute approximate surface area is 181 Å². The molecule has 0 bridgehead atoms. The third kappa shape index (κ3) is 5.81. The van der Waals surface area contributed by atoms with Gasteiger partial charge in [-0.3, -0.25) is 9.69 Å². The number of carbonyl (C=O) groups excluding carboxylic acids is 1. The Bertz CT molecular complexity index is 1070. The SMILES string of the molecule is CN(CC(=O)Nc1ccc(F)c(Cl)c1)CC(O)(Cn1cncn1)c1ccc(F)cc1F. The van der Waals surface area contributed by atoms with Crippen molar-refractivity contribution in [2.75, 3.05) is 25.5 Å². The molecule has 2 N–H and O–H groups in total. The molecule has 0 saturated heterocycles. The first-order valence-electron chi connectivity index (χ1n) is 9.10. The van der Waals surface area contributed by atoms with Gasteiger partial charge in [0.1, 0.15) is 35.7 Å². The highest BCUT2D eigenvalue weighted by atomic mass is 35.5. The first kappa shape index (κ1) is 22.7. The molecule has 0 spiro atoms. The lowest BCUT2D eigenvalue weighted by atomic mass is 9.92. The number of nitrogens with one attached hydrogen (secondary N) is 1. The number of hydrogen-bond acceptors (Lipinski definition) is 5. The molecule has 0 saturated carbocycles. The van der Waals surface area contributed by atoms with E-state index in [4.69, 9.17) is 11.6 Å². The van der Waals surface area contributed by atoms with E-state index in [-0.39, 0.29) is 30.2 Å². The van der Waals surface area contributed by atoms with E-state index < -0.39 is 29.0 Å². The maximum atomic E-state index is 14.5. The van der Waals surface area contributed by atoms with Crippen LogP contribution >= 0.6 is 11.6 Å². The Balaban J connectivity index is 1.75. The molecule has 0 fully saturated rings. The number of benzene rings is 2. The lowest BCUT2D eigenvalue weighted by Crippen LogP contribution is -2.45. The lowest BCUT2D eigenvalue weighted by molar-refractivity contribution is -0.118. The topological polar surface area (TPSA) is 83.3 Å². The van der Waals surface area contributed by atoms with Gasteiger partial charge >= 0.3 is 0 Å². The highest BCUT2D eigenvalue weighted by molar-refractivity contribution is 6.31. The molecule has 0 aliphatic carbocycles. The van der Waals surface area contributed by atoms with E-state index in [1.54, 1.807) is 7.05 Å². The van der Waals surface area contributed by atoms with Gasteiger partial charge in [-0.15, -0.1) is 0 Å². The van der Waals surface area contributed by atoms with Gasteiger partial charge in [0, 0.05) is 23.9 Å². The number of nitrogens with zero attached hydrogens (tertiary/aromatic N) is 4. The molecule has 11 heteroatoms. The van der Waals surface area contributed by atoms with Crippen LogP contribution in [0.25, 0.3) is 0 Å². The van der Waals surface area contributed by atoms with Crippen LogP contribution < -0.4 is 5.32 Å². The minimum absolute atomic E-state index is 0.139. The number of aliphatic hydroxyl groups is 1. The number of amides is 1. The maximum Gasteiger partial charge on any atom is 0.238 e. The third-order valence-corrected chi connectivity index (χ3v) is 4.76. The molecule has 1 unspecified atom stereocenters. The highest BCUT2D eigenvalue weighted by Crippen LogP contribution is 2.27. The van der Waals surface area contributed by atoms with Crippen LogP contribution in [0.4, 0.5) is 18.9 Å². The number of anilines is 1. The first-order valence-corrected chi connectivity index (χ1v) is 9.48. The molecule has 1 atom stereocenters. The zero-order valence-corrected chi connectivity index (χ0v) is 17.2. The van der Waals surface area contributed by atoms with Gasteiger partial charge in [-0.1, -0.05) is 17.7 Å². The molecule has 164 valence electrons. The summed E-state index contributed by atoms with van der Waals surface area (Å²) in [6, 6.07) is 6.60. The van der Waals surface area contributed by atoms with Crippen molar-refractivity contribution in [3.63, 3.8) is 0 Å². The average Bonchev–Trinajstić information content (AvgIpc) is 3.16. The molecule has 3 rings (SSSR count). The summed E-state index contributed by atoms with van der Waals surface area (Å²) >= 11 is 5.71. The normalized spacial score (nSPS) is 13.3. The van der Waals surface area contributed by atoms with E-state index >= 15 is 0 Å². The molecule has 31 heavy (non-hydrogen) atoms. The van der Waals surface area contributed by atoms with E-state index in [2.05, 4.69) is 15.4 Å². The molecule has 3 aromatic rings. The maximum absolute atomic E-state index is 14.5. The standard InChI is InChI=1S/C20H19ClF3N5O2/c1-28(8-19(30)27-14-3-5-17(23)16(21)7-14)9-20(31,10-29-12-25-11-26-29)15-4-2-13(22)6-18(15)24/h2-7,11-12,31H,8-10H2,1H3,(H,27,30). The van der Waals surface area contributed by atoms with Gasteiger partial charge in [0.05, 0.1) is 18.1 Å². The predicted octanol–water partition coefficient (Wildman–Crippen LogP) is 2.81. The van der Waals surface area contributed by atoms with Crippen LogP contribution in [-0.2, 0) is 16.9 Å². The molecule has 0 aliphatic rings. The number of aromatic nitrogens is 3. The molecular formula is C20H19ClF3N5O2. The first-order chi connectivity index (χ1) is 14.7. The molecule has 7 nitrogen and oxygen atoms in total. The van der Waals surface area contributed by atoms with Crippen LogP contribution in [0.3, 0.4) is 0 Å². The molecular weight excluding hydrogens is 435 g/mol. The van der Waals surface area contributed by atoms with Gasteiger partial charge in [0.25, 0.3) is 0 Å². The summed E-state index contributed by atoms with van der Waals surface area (Å²) in [5.74, 6) is -2.79. The van der Waals surface area contributed by atoms with Crippen LogP contribution in [0.2, 0.25) is 5.02 Å². The van der Waals surface area contributed by atoms with Crippen molar-refractivity contribution in [3.8, 4) is 0 Å². The van der Waals surface area contributed by atoms with Gasteiger partial charge in [-0.2, -0.15) is 5.10 Å². The van der Waals surface area contributed by atoms with Crippen LogP contribution in [0, 0.1) is 17.5 Å². The van der Waals surface area contributed by atoms with Crippen LogP contribution in [0.1, 0.15) is 5.56 Å². The summed E-state index contributed by atoms with van der Waals surface area (Å²) in [5, 5.41) is 17.6. The van der Waals surface area contributed by atoms with Crippen molar-refractivity contribution in [2.24, 2.45) is 0 Å². The lowest BCUT2D eigenvalue weighted by Gasteiger charge is -2.33. The minimum Gasteiger partial charge on any atom is -0.382 e. The number of likely N-dealkylation sites (N-methyl/N-ethyl adjacent to an activating group) is 1. The summed E-state index contributed by atoms with van der Waals surface area (Å²) in [6.07, 6.45) is 2.60. The fourth-order valence-corrected chi connectivity index (χ4v) is 3.37. The molecule has 1 amide bonds. The van der Waals surface area contributed by atoms with Gasteiger partial charge in [0.15, 0.2) is 0 Å². The van der Waals surface area contributed by atoms with Crippen LogP contribution in [0.5, 0.6) is 0 Å². The summed E-state index contributed by atoms with van der Waals surface area (Å²) in [6.45, 7) is -0.556. The zero-order chi connectivity index (χ0) is 22.6. The highest BCUT2D eigenvalue weighted by Gasteiger charge is 2.35. The van der Waals surface area contributed by atoms with E-state index in [0.29, 0.717) is 11.8 Å². The summed E-state index contributed by atoms with van der Waals surface area (Å²) in [4.78, 5) is 17.6. The molecule has 1 aromatic heterocycles. The van der Waals surface area contributed by atoms with E-state index in [1.165, 1.54) is 34.4 Å². The molecule has 0 radical (unpaired) electrons. The van der Waals surface area contributed by atoms with Crippen molar-refractivity contribution < 1.29 is 23.1 Å². The van der Waals surface area contributed by atoms with Crippen molar-refractivity contribution >= 4 is 23.2 Å². The summed E-state index contributed by atoms with van der Waals surface area (Å²) < 4.78 is 42.4. The molecule has 1 heterocycles. The number of halogens is 4. The van der Waals surface area contributed by atoms with E-state index in [0.717, 1.165) is 18.2 Å². The Morgan fingerprint density at radius 3 is 2.65 bits per heavy atom. The van der Waals surface area contributed by atoms with E-state index in [9.17, 15) is 23.1 Å². The third-order valence-electron chi connectivity index (χ3n) is 4.47. The van der Waals surface area contributed by atoms with Gasteiger partial charge in [-0.05, 0) is 31.3 Å². The zero-order valence-electron chi connectivity index (χ0n) is 16.4. The van der Waals surface area contributed by atoms with Crippen LogP contribution in [0.15, 0.2) is 49.1 Å². The van der Waals surface area contributed by atoms with Crippen molar-refractivity contribution in [1.29, 1.82) is 0 Å². The van der Waals surface area contributed by atoms with Gasteiger partial charge < -0.3 is 10.4 Å². The fourth-order valence-electron chi connectivity index (χ4n) is 3.19. The second-order valence-corrected chi connectivity index (χ2v) is 7.51.